The molecule has 0 aliphatic rings. The number of ether oxygens (including phenoxy) is 3. The maximum absolute atomic E-state index is 12.9. The molecule has 1 atom stereocenters. The van der Waals surface area contributed by atoms with Gasteiger partial charge in [-0.15, -0.1) is 0 Å². The quantitative estimate of drug-likeness (QED) is 0.0261. The summed E-state index contributed by atoms with van der Waals surface area (Å²) in [5.74, 6) is -0.893. The van der Waals surface area contributed by atoms with E-state index in [4.69, 9.17) is 14.2 Å². The van der Waals surface area contributed by atoms with Crippen molar-refractivity contribution in [3.63, 3.8) is 0 Å². The van der Waals surface area contributed by atoms with E-state index in [1.54, 1.807) is 0 Å². The van der Waals surface area contributed by atoms with Gasteiger partial charge in [-0.2, -0.15) is 0 Å². The minimum absolute atomic E-state index is 0.0804. The molecule has 0 aliphatic heterocycles. The molecule has 0 saturated carbocycles. The molecule has 0 N–H and O–H groups in total. The minimum Gasteiger partial charge on any atom is -0.462 e. The fraction of sp³-hybridized carbons (Fsp3) is 0.828. The number of carbonyl (C=O) groups is 3. The second-order valence-electron chi connectivity index (χ2n) is 20.6. The molecule has 1 unspecified atom stereocenters. The first kappa shape index (κ1) is 67.4. The summed E-state index contributed by atoms with van der Waals surface area (Å²) in [6.07, 6.45) is 72.6. The molecule has 0 aromatic rings. The van der Waals surface area contributed by atoms with Crippen LogP contribution in [-0.4, -0.2) is 37.2 Å². The van der Waals surface area contributed by atoms with Gasteiger partial charge in [0.1, 0.15) is 13.2 Å². The van der Waals surface area contributed by atoms with Gasteiger partial charge in [-0.1, -0.05) is 275 Å². The molecule has 0 fully saturated rings. The molecule has 70 heavy (non-hydrogen) atoms. The molecule has 0 bridgehead atoms. The SMILES string of the molecule is CCC/C=C\C/C=C\CCCCCCCC(=O)OCC(COC(=O)CCCCCCCCCCCCCCCCCCCCCCCCC)OC(=O)CCCCCCC/C=C\C/C=C\CCCCCC. The molecule has 0 spiro atoms. The average molecular weight is 982 g/mol. The predicted molar refractivity (Wildman–Crippen MR) is 302 cm³/mol. The van der Waals surface area contributed by atoms with Gasteiger partial charge in [-0.25, -0.2) is 0 Å². The number of allylic oxidation sites excluding steroid dienone is 8. The Morgan fingerprint density at radius 1 is 0.286 bits per heavy atom. The number of hydrogen-bond donors (Lipinski definition) is 0. The molecule has 0 aromatic heterocycles. The van der Waals surface area contributed by atoms with Crippen molar-refractivity contribution >= 4 is 17.9 Å². The molecular weight excluding hydrogens is 865 g/mol. The number of rotatable bonds is 56. The largest absolute Gasteiger partial charge is 0.462 e. The third-order valence-electron chi connectivity index (χ3n) is 13.5. The zero-order valence-electron chi connectivity index (χ0n) is 46.8. The van der Waals surface area contributed by atoms with Crippen LogP contribution in [0.4, 0.5) is 0 Å². The summed E-state index contributed by atoms with van der Waals surface area (Å²) in [6.45, 7) is 6.58. The first-order valence-electron chi connectivity index (χ1n) is 30.6. The van der Waals surface area contributed by atoms with E-state index in [0.29, 0.717) is 19.3 Å². The van der Waals surface area contributed by atoms with Crippen molar-refractivity contribution in [3.8, 4) is 0 Å². The van der Waals surface area contributed by atoms with E-state index in [1.807, 2.05) is 0 Å². The van der Waals surface area contributed by atoms with Crippen LogP contribution in [0, 0.1) is 0 Å². The van der Waals surface area contributed by atoms with Crippen LogP contribution in [0.25, 0.3) is 0 Å². The Morgan fingerprint density at radius 2 is 0.543 bits per heavy atom. The molecule has 6 heteroatoms. The zero-order chi connectivity index (χ0) is 50.7. The Kier molecular flexibility index (Phi) is 56.7. The average Bonchev–Trinajstić information content (AvgIpc) is 3.36. The van der Waals surface area contributed by atoms with E-state index < -0.39 is 6.10 Å². The van der Waals surface area contributed by atoms with Crippen molar-refractivity contribution in [2.45, 2.75) is 329 Å². The fourth-order valence-corrected chi connectivity index (χ4v) is 8.92. The fourth-order valence-electron chi connectivity index (χ4n) is 8.92. The first-order chi connectivity index (χ1) is 34.5. The van der Waals surface area contributed by atoms with E-state index in [-0.39, 0.29) is 31.1 Å². The Labute approximate surface area is 435 Å². The van der Waals surface area contributed by atoms with Crippen LogP contribution in [0.2, 0.25) is 0 Å². The molecule has 0 aliphatic carbocycles. The molecule has 0 saturated heterocycles. The lowest BCUT2D eigenvalue weighted by molar-refractivity contribution is -0.167. The molecule has 0 radical (unpaired) electrons. The minimum atomic E-state index is -0.785. The molecule has 0 aromatic carbocycles. The maximum atomic E-state index is 12.9. The summed E-state index contributed by atoms with van der Waals surface area (Å²) in [4.78, 5) is 38.2. The molecule has 0 rings (SSSR count). The van der Waals surface area contributed by atoms with Crippen molar-refractivity contribution in [1.29, 1.82) is 0 Å². The zero-order valence-corrected chi connectivity index (χ0v) is 46.8. The summed E-state index contributed by atoms with van der Waals surface area (Å²) < 4.78 is 16.9. The Balaban J connectivity index is 4.29. The van der Waals surface area contributed by atoms with Gasteiger partial charge in [-0.3, -0.25) is 14.4 Å². The summed E-state index contributed by atoms with van der Waals surface area (Å²) in [5.41, 5.74) is 0. The van der Waals surface area contributed by atoms with Crippen LogP contribution < -0.4 is 0 Å². The lowest BCUT2D eigenvalue weighted by Gasteiger charge is -2.18. The van der Waals surface area contributed by atoms with Gasteiger partial charge in [-0.05, 0) is 77.0 Å². The molecule has 0 amide bonds. The van der Waals surface area contributed by atoms with Crippen molar-refractivity contribution in [2.75, 3.05) is 13.2 Å². The van der Waals surface area contributed by atoms with Gasteiger partial charge in [0.2, 0.25) is 0 Å². The van der Waals surface area contributed by atoms with Gasteiger partial charge >= 0.3 is 17.9 Å². The normalized spacial score (nSPS) is 12.3. The highest BCUT2D eigenvalue weighted by Gasteiger charge is 2.19. The third-order valence-corrected chi connectivity index (χ3v) is 13.5. The van der Waals surface area contributed by atoms with Crippen molar-refractivity contribution < 1.29 is 28.6 Å². The van der Waals surface area contributed by atoms with Crippen LogP contribution >= 0.6 is 0 Å². The van der Waals surface area contributed by atoms with Gasteiger partial charge in [0.05, 0.1) is 0 Å². The van der Waals surface area contributed by atoms with Crippen molar-refractivity contribution in [3.05, 3.63) is 48.6 Å². The van der Waals surface area contributed by atoms with Crippen LogP contribution in [0.15, 0.2) is 48.6 Å². The van der Waals surface area contributed by atoms with E-state index in [2.05, 4.69) is 69.4 Å². The maximum Gasteiger partial charge on any atom is 0.306 e. The molecule has 6 nitrogen and oxygen atoms in total. The highest BCUT2D eigenvalue weighted by molar-refractivity contribution is 5.71. The highest BCUT2D eigenvalue weighted by atomic mass is 16.6. The number of hydrogen-bond acceptors (Lipinski definition) is 6. The summed E-state index contributed by atoms with van der Waals surface area (Å²) in [7, 11) is 0. The Bertz CT molecular complexity index is 1220. The molecular formula is C64H116O6. The van der Waals surface area contributed by atoms with Gasteiger partial charge in [0.15, 0.2) is 6.10 Å². The smallest absolute Gasteiger partial charge is 0.306 e. The van der Waals surface area contributed by atoms with Gasteiger partial charge in [0, 0.05) is 19.3 Å². The van der Waals surface area contributed by atoms with Crippen LogP contribution in [0.3, 0.4) is 0 Å². The number of esters is 3. The van der Waals surface area contributed by atoms with Crippen LogP contribution in [0.1, 0.15) is 323 Å². The highest BCUT2D eigenvalue weighted by Crippen LogP contribution is 2.17. The summed E-state index contributed by atoms with van der Waals surface area (Å²) in [5, 5.41) is 0. The van der Waals surface area contributed by atoms with E-state index in [9.17, 15) is 14.4 Å². The molecule has 408 valence electrons. The Morgan fingerprint density at radius 3 is 0.857 bits per heavy atom. The monoisotopic (exact) mass is 981 g/mol. The standard InChI is InChI=1S/C64H116O6/c1-4-7-10-13-16-19-22-25-27-29-30-31-32-33-34-35-37-39-42-45-48-51-54-57-63(66)69-60-61(59-68-62(65)56-53-50-47-44-41-38-24-21-18-15-12-9-6-3)70-64(67)58-55-52-49-46-43-40-36-28-26-23-20-17-14-11-8-5-2/h12,15,20-21,23-24,28,36,61H,4-11,13-14,16-19,22,25-27,29-35,37-60H2,1-3H3/b15-12-,23-20-,24-21-,36-28-. The topological polar surface area (TPSA) is 78.9 Å². The first-order valence-corrected chi connectivity index (χ1v) is 30.6. The second kappa shape index (κ2) is 58.9. The number of carbonyl (C=O) groups excluding carboxylic acids is 3. The summed E-state index contributed by atoms with van der Waals surface area (Å²) >= 11 is 0. The van der Waals surface area contributed by atoms with Crippen molar-refractivity contribution in [2.24, 2.45) is 0 Å². The van der Waals surface area contributed by atoms with Crippen LogP contribution in [-0.2, 0) is 28.6 Å². The lowest BCUT2D eigenvalue weighted by Crippen LogP contribution is -2.30. The second-order valence-corrected chi connectivity index (χ2v) is 20.6. The van der Waals surface area contributed by atoms with Crippen LogP contribution in [0.5, 0.6) is 0 Å². The van der Waals surface area contributed by atoms with Gasteiger partial charge in [0.25, 0.3) is 0 Å². The molecule has 0 heterocycles. The van der Waals surface area contributed by atoms with E-state index in [0.717, 1.165) is 109 Å². The van der Waals surface area contributed by atoms with Gasteiger partial charge < -0.3 is 14.2 Å². The third kappa shape index (κ3) is 56.3. The number of unbranched alkanes of at least 4 members (excludes halogenated alkanes) is 37. The lowest BCUT2D eigenvalue weighted by atomic mass is 10.0. The van der Waals surface area contributed by atoms with Crippen molar-refractivity contribution in [1.82, 2.24) is 0 Å². The predicted octanol–water partition coefficient (Wildman–Crippen LogP) is 20.6. The van der Waals surface area contributed by atoms with E-state index in [1.165, 1.54) is 173 Å². The summed E-state index contributed by atoms with van der Waals surface area (Å²) in [6, 6.07) is 0. The Hall–Kier alpha value is -2.63. The van der Waals surface area contributed by atoms with E-state index >= 15 is 0 Å².